The second kappa shape index (κ2) is 14.2. The van der Waals surface area contributed by atoms with Crippen LogP contribution in [0.25, 0.3) is 0 Å². The molecule has 2 heterocycles. The second-order valence-corrected chi connectivity index (χ2v) is 10.5. The van der Waals surface area contributed by atoms with Crippen molar-refractivity contribution in [1.29, 1.82) is 0 Å². The van der Waals surface area contributed by atoms with Crippen molar-refractivity contribution in [3.63, 3.8) is 0 Å². The molecule has 0 saturated carbocycles. The minimum atomic E-state index is -1.04. The maximum absolute atomic E-state index is 12.2. The number of pyridine rings is 1. The van der Waals surface area contributed by atoms with Gasteiger partial charge in [-0.2, -0.15) is 0 Å². The van der Waals surface area contributed by atoms with Crippen LogP contribution in [-0.2, 0) is 37.0 Å². The van der Waals surface area contributed by atoms with Gasteiger partial charge in [0.15, 0.2) is 12.4 Å². The zero-order valence-corrected chi connectivity index (χ0v) is 23.5. The van der Waals surface area contributed by atoms with E-state index >= 15 is 0 Å². The minimum absolute atomic E-state index is 0.0533. The third-order valence-electron chi connectivity index (χ3n) is 6.45. The zero-order chi connectivity index (χ0) is 29.4. The summed E-state index contributed by atoms with van der Waals surface area (Å²) >= 11 is 1.32. The molecule has 1 aliphatic heterocycles. The average Bonchev–Trinajstić information content (AvgIpc) is 2.98. The van der Waals surface area contributed by atoms with Gasteiger partial charge < -0.3 is 29.7 Å². The second-order valence-electron chi connectivity index (χ2n) is 9.53. The van der Waals surface area contributed by atoms with Crippen LogP contribution in [0.2, 0.25) is 0 Å². The highest BCUT2D eigenvalue weighted by Gasteiger charge is 2.32. The van der Waals surface area contributed by atoms with Crippen molar-refractivity contribution in [2.45, 2.75) is 63.0 Å². The van der Waals surface area contributed by atoms with E-state index in [9.17, 15) is 24.6 Å². The number of esters is 1. The lowest BCUT2D eigenvalue weighted by molar-refractivity contribution is -0.245. The lowest BCUT2D eigenvalue weighted by atomic mass is 10.0. The van der Waals surface area contributed by atoms with Crippen molar-refractivity contribution in [3.05, 3.63) is 94.7 Å². The zero-order valence-electron chi connectivity index (χ0n) is 22.7. The fourth-order valence-electron chi connectivity index (χ4n) is 4.29. The van der Waals surface area contributed by atoms with E-state index < -0.39 is 30.2 Å². The normalized spacial score (nSPS) is 19.2. The van der Waals surface area contributed by atoms with E-state index in [0.29, 0.717) is 17.2 Å². The van der Waals surface area contributed by atoms with Gasteiger partial charge in [-0.15, -0.1) is 11.8 Å². The van der Waals surface area contributed by atoms with Crippen LogP contribution in [0.3, 0.4) is 0 Å². The first-order valence-corrected chi connectivity index (χ1v) is 14.1. The van der Waals surface area contributed by atoms with Crippen LogP contribution in [0.5, 0.6) is 0 Å². The Labute approximate surface area is 242 Å². The van der Waals surface area contributed by atoms with Crippen LogP contribution < -0.4 is 5.32 Å². The van der Waals surface area contributed by atoms with Crippen LogP contribution in [0, 0.1) is 0 Å². The van der Waals surface area contributed by atoms with Gasteiger partial charge in [-0.1, -0.05) is 48.5 Å². The number of thioether (sulfide) groups is 1. The van der Waals surface area contributed by atoms with E-state index in [1.807, 2.05) is 48.5 Å². The van der Waals surface area contributed by atoms with Crippen LogP contribution >= 0.6 is 11.8 Å². The molecular formula is C30H32N2O8S. The standard InChI is InChI=1S/C30H32N2O8S/c1-18(38-19(2)34)27(35)32-15-20-5-11-23(12-6-20)30-39-24(17-41-28-25(29(36)37)4-3-13-31-28)14-26(40-30)22-9-7-21(16-33)8-10-22/h3-13,18,24,26,30,33H,14-17H2,1-2H3,(H,32,35)(H,36,37). The molecule has 216 valence electrons. The Morgan fingerprint density at radius 3 is 2.39 bits per heavy atom. The molecule has 4 atom stereocenters. The van der Waals surface area contributed by atoms with Gasteiger partial charge in [0.25, 0.3) is 5.91 Å². The SMILES string of the molecule is CC(=O)OC(C)C(=O)NCc1ccc(C2OC(CSc3ncccc3C(=O)O)CC(c3ccc(CO)cc3)O2)cc1. The van der Waals surface area contributed by atoms with Crippen molar-refractivity contribution < 1.29 is 38.8 Å². The molecule has 0 bridgehead atoms. The number of nitrogens with one attached hydrogen (secondary N) is 1. The van der Waals surface area contributed by atoms with Crippen molar-refractivity contribution in [1.82, 2.24) is 10.3 Å². The Bertz CT molecular complexity index is 1350. The summed E-state index contributed by atoms with van der Waals surface area (Å²) in [5.74, 6) is -1.48. The molecule has 3 aromatic rings. The predicted octanol–water partition coefficient (Wildman–Crippen LogP) is 4.18. The van der Waals surface area contributed by atoms with Gasteiger partial charge in [0.05, 0.1) is 24.4 Å². The summed E-state index contributed by atoms with van der Waals surface area (Å²) in [7, 11) is 0. The summed E-state index contributed by atoms with van der Waals surface area (Å²) in [6, 6.07) is 18.1. The van der Waals surface area contributed by atoms with E-state index in [4.69, 9.17) is 14.2 Å². The van der Waals surface area contributed by atoms with Gasteiger partial charge in [-0.3, -0.25) is 9.59 Å². The number of benzene rings is 2. The number of aromatic nitrogens is 1. The maximum atomic E-state index is 12.2. The predicted molar refractivity (Wildman–Crippen MR) is 150 cm³/mol. The number of hydrogen-bond donors (Lipinski definition) is 3. The largest absolute Gasteiger partial charge is 0.478 e. The number of carboxylic acids is 1. The van der Waals surface area contributed by atoms with Gasteiger partial charge in [0.1, 0.15) is 5.03 Å². The fourth-order valence-corrected chi connectivity index (χ4v) is 5.30. The Morgan fingerprint density at radius 2 is 1.73 bits per heavy atom. The van der Waals surface area contributed by atoms with Crippen molar-refractivity contribution >= 4 is 29.6 Å². The summed E-state index contributed by atoms with van der Waals surface area (Å²) in [4.78, 5) is 39.1. The molecule has 0 spiro atoms. The number of nitrogens with zero attached hydrogens (tertiary/aromatic N) is 1. The number of carboxylic acid groups (broad SMARTS) is 1. The molecule has 1 fully saturated rings. The molecule has 1 amide bonds. The van der Waals surface area contributed by atoms with Gasteiger partial charge in [0.2, 0.25) is 0 Å². The Kier molecular flexibility index (Phi) is 10.5. The van der Waals surface area contributed by atoms with Gasteiger partial charge >= 0.3 is 11.9 Å². The monoisotopic (exact) mass is 580 g/mol. The number of carbonyl (C=O) groups is 3. The molecule has 10 nitrogen and oxygen atoms in total. The first-order valence-electron chi connectivity index (χ1n) is 13.1. The number of rotatable bonds is 11. The first kappa shape index (κ1) is 30.2. The highest BCUT2D eigenvalue weighted by Crippen LogP contribution is 2.39. The van der Waals surface area contributed by atoms with E-state index in [-0.39, 0.29) is 30.9 Å². The van der Waals surface area contributed by atoms with Gasteiger partial charge in [-0.05, 0) is 35.7 Å². The Morgan fingerprint density at radius 1 is 1.05 bits per heavy atom. The Balaban J connectivity index is 1.47. The number of aromatic carboxylic acids is 1. The molecule has 1 aliphatic rings. The van der Waals surface area contributed by atoms with E-state index in [0.717, 1.165) is 22.3 Å². The smallest absolute Gasteiger partial charge is 0.338 e. The molecule has 41 heavy (non-hydrogen) atoms. The van der Waals surface area contributed by atoms with E-state index in [1.165, 1.54) is 31.7 Å². The molecule has 1 saturated heterocycles. The average molecular weight is 581 g/mol. The quantitative estimate of drug-likeness (QED) is 0.223. The Hall–Kier alpha value is -3.77. The molecule has 4 unspecified atom stereocenters. The summed E-state index contributed by atoms with van der Waals surface area (Å²) in [5.41, 5.74) is 3.50. The summed E-state index contributed by atoms with van der Waals surface area (Å²) < 4.78 is 17.6. The van der Waals surface area contributed by atoms with Crippen LogP contribution in [0.15, 0.2) is 71.9 Å². The molecule has 2 aromatic carbocycles. The van der Waals surface area contributed by atoms with Crippen molar-refractivity contribution in [2.75, 3.05) is 5.75 Å². The molecule has 11 heteroatoms. The third-order valence-corrected chi connectivity index (χ3v) is 7.59. The first-order chi connectivity index (χ1) is 19.7. The van der Waals surface area contributed by atoms with Gasteiger partial charge in [0, 0.05) is 37.4 Å². The van der Waals surface area contributed by atoms with E-state index in [2.05, 4.69) is 10.3 Å². The highest BCUT2D eigenvalue weighted by atomic mass is 32.2. The fraction of sp³-hybridized carbons (Fsp3) is 0.333. The van der Waals surface area contributed by atoms with Crippen LogP contribution in [0.1, 0.15) is 65.3 Å². The number of aliphatic hydroxyl groups excluding tert-OH is 1. The van der Waals surface area contributed by atoms with Gasteiger partial charge in [-0.25, -0.2) is 9.78 Å². The molecule has 4 rings (SSSR count). The minimum Gasteiger partial charge on any atom is -0.478 e. The summed E-state index contributed by atoms with van der Waals surface area (Å²) in [5, 5.41) is 22.1. The molecular weight excluding hydrogens is 548 g/mol. The lowest BCUT2D eigenvalue weighted by Gasteiger charge is -2.36. The topological polar surface area (TPSA) is 144 Å². The molecule has 1 aromatic heterocycles. The number of amides is 1. The van der Waals surface area contributed by atoms with Crippen molar-refractivity contribution in [2.24, 2.45) is 0 Å². The summed E-state index contributed by atoms with van der Waals surface area (Å²) in [6.45, 7) is 2.96. The van der Waals surface area contributed by atoms with E-state index in [1.54, 1.807) is 12.3 Å². The lowest BCUT2D eigenvalue weighted by Crippen LogP contribution is -2.35. The number of carbonyl (C=O) groups excluding carboxylic acids is 2. The highest BCUT2D eigenvalue weighted by molar-refractivity contribution is 7.99. The third kappa shape index (κ3) is 8.37. The number of hydrogen-bond acceptors (Lipinski definition) is 9. The maximum Gasteiger partial charge on any atom is 0.338 e. The van der Waals surface area contributed by atoms with Crippen LogP contribution in [0.4, 0.5) is 0 Å². The van der Waals surface area contributed by atoms with Crippen molar-refractivity contribution in [3.8, 4) is 0 Å². The van der Waals surface area contributed by atoms with Crippen LogP contribution in [-0.4, -0.2) is 51.0 Å². The number of ether oxygens (including phenoxy) is 3. The molecule has 0 radical (unpaired) electrons. The number of aliphatic hydroxyl groups is 1. The molecule has 0 aliphatic carbocycles. The summed E-state index contributed by atoms with van der Waals surface area (Å²) in [6.07, 6.45) is -0.0292. The molecule has 3 N–H and O–H groups in total.